The third kappa shape index (κ3) is 2.98. The highest BCUT2D eigenvalue weighted by Crippen LogP contribution is 2.40. The molecule has 0 bridgehead atoms. The maximum atomic E-state index is 12.2. The van der Waals surface area contributed by atoms with E-state index in [2.05, 4.69) is 0 Å². The van der Waals surface area contributed by atoms with Crippen molar-refractivity contribution in [2.24, 2.45) is 5.92 Å². The lowest BCUT2D eigenvalue weighted by Gasteiger charge is -2.40. The molecule has 2 aliphatic rings. The van der Waals surface area contributed by atoms with Crippen molar-refractivity contribution < 1.29 is 44.6 Å². The van der Waals surface area contributed by atoms with Gasteiger partial charge in [-0.3, -0.25) is 9.59 Å². The van der Waals surface area contributed by atoms with Gasteiger partial charge in [-0.15, -0.1) is 0 Å². The third-order valence-corrected chi connectivity index (χ3v) is 5.01. The van der Waals surface area contributed by atoms with Crippen LogP contribution in [0.4, 0.5) is 0 Å². The van der Waals surface area contributed by atoms with Crippen LogP contribution in [0.2, 0.25) is 0 Å². The number of phenols is 1. The summed E-state index contributed by atoms with van der Waals surface area (Å²) in [5.74, 6) is -3.93. The van der Waals surface area contributed by atoms with E-state index in [4.69, 9.17) is 9.47 Å². The van der Waals surface area contributed by atoms with E-state index in [-0.39, 0.29) is 16.9 Å². The quantitative estimate of drug-likeness (QED) is 0.452. The Labute approximate surface area is 154 Å². The number of aliphatic hydroxyl groups is 4. The molecule has 9 heteroatoms. The molecule has 1 heterocycles. The molecule has 0 amide bonds. The van der Waals surface area contributed by atoms with Crippen molar-refractivity contribution >= 4 is 17.3 Å². The Balaban J connectivity index is 1.96. The van der Waals surface area contributed by atoms with Crippen LogP contribution in [0.5, 0.6) is 11.5 Å². The van der Waals surface area contributed by atoms with Crippen molar-refractivity contribution in [3.05, 3.63) is 28.8 Å². The average Bonchev–Trinajstić information content (AvgIpc) is 2.66. The molecule has 2 unspecified atom stereocenters. The van der Waals surface area contributed by atoms with Crippen LogP contribution in [0.1, 0.15) is 29.8 Å². The number of rotatable bonds is 3. The standard InChI is InChI=1S/C18H20O9/c1-6-10(5-19)27-18(17(25)13(6)21)26-9-4-3-8-11(15(9)23)16(24)14(22)7(2)12(8)20/h3-4,6,10,13,17-21,23,25H,5H2,1-2H3/t6-,10?,13?,17-,18-/m1/s1. The molecule has 1 aromatic rings. The van der Waals surface area contributed by atoms with Crippen LogP contribution >= 0.6 is 0 Å². The lowest BCUT2D eigenvalue weighted by molar-refractivity contribution is -0.261. The minimum absolute atomic E-state index is 0.0195. The fourth-order valence-electron chi connectivity index (χ4n) is 3.19. The third-order valence-electron chi connectivity index (χ3n) is 5.01. The van der Waals surface area contributed by atoms with Gasteiger partial charge in [0, 0.05) is 17.1 Å². The van der Waals surface area contributed by atoms with Gasteiger partial charge in [-0.25, -0.2) is 0 Å². The van der Waals surface area contributed by atoms with Gasteiger partial charge < -0.3 is 35.0 Å². The van der Waals surface area contributed by atoms with Gasteiger partial charge in [0.15, 0.2) is 11.5 Å². The Bertz CT molecular complexity index is 826. The van der Waals surface area contributed by atoms with E-state index in [0.717, 1.165) is 0 Å². The summed E-state index contributed by atoms with van der Waals surface area (Å²) >= 11 is 0. The summed E-state index contributed by atoms with van der Waals surface area (Å²) in [6, 6.07) is 2.51. The van der Waals surface area contributed by atoms with Gasteiger partial charge in [-0.2, -0.15) is 0 Å². The lowest BCUT2D eigenvalue weighted by Crippen LogP contribution is -2.56. The molecule has 0 radical (unpaired) electrons. The van der Waals surface area contributed by atoms with Crippen LogP contribution < -0.4 is 4.74 Å². The zero-order chi connectivity index (χ0) is 20.0. The molecule has 0 spiro atoms. The van der Waals surface area contributed by atoms with Crippen molar-refractivity contribution in [1.82, 2.24) is 0 Å². The molecular weight excluding hydrogens is 360 g/mol. The number of aliphatic hydroxyl groups excluding tert-OH is 4. The molecule has 0 aromatic heterocycles. The molecule has 5 N–H and O–H groups in total. The number of benzene rings is 1. The van der Waals surface area contributed by atoms with Gasteiger partial charge >= 0.3 is 0 Å². The first kappa shape index (κ1) is 19.3. The predicted molar refractivity (Wildman–Crippen MR) is 90.2 cm³/mol. The Morgan fingerprint density at radius 3 is 2.41 bits per heavy atom. The molecule has 1 saturated heterocycles. The van der Waals surface area contributed by atoms with Gasteiger partial charge in [0.25, 0.3) is 0 Å². The highest BCUT2D eigenvalue weighted by molar-refractivity contribution is 6.52. The smallest absolute Gasteiger partial charge is 0.237 e. The highest BCUT2D eigenvalue weighted by Gasteiger charge is 2.44. The van der Waals surface area contributed by atoms with Crippen molar-refractivity contribution in [3.63, 3.8) is 0 Å². The SMILES string of the molecule is CC1=C(O)c2ccc(O[C@@H]3OC(CO)[C@@H](C)C(O)[C@H]3O)c(O)c2C(=O)C1=O. The van der Waals surface area contributed by atoms with Gasteiger partial charge in [0.05, 0.1) is 24.4 Å². The number of fused-ring (bicyclic) bond motifs is 1. The summed E-state index contributed by atoms with van der Waals surface area (Å²) in [6.07, 6.45) is -4.98. The van der Waals surface area contributed by atoms with Gasteiger partial charge in [0.2, 0.25) is 17.9 Å². The van der Waals surface area contributed by atoms with E-state index >= 15 is 0 Å². The number of hydrogen-bond acceptors (Lipinski definition) is 9. The molecule has 1 aliphatic carbocycles. The van der Waals surface area contributed by atoms with E-state index < -0.39 is 65.8 Å². The maximum absolute atomic E-state index is 12.2. The Kier molecular flexibility index (Phi) is 4.96. The minimum Gasteiger partial charge on any atom is -0.507 e. The largest absolute Gasteiger partial charge is 0.507 e. The van der Waals surface area contributed by atoms with E-state index in [0.29, 0.717) is 0 Å². The number of phenolic OH excluding ortho intramolecular Hbond substituents is 1. The molecule has 9 nitrogen and oxygen atoms in total. The van der Waals surface area contributed by atoms with E-state index in [1.54, 1.807) is 6.92 Å². The van der Waals surface area contributed by atoms with E-state index in [1.165, 1.54) is 19.1 Å². The van der Waals surface area contributed by atoms with Crippen LogP contribution in [0, 0.1) is 5.92 Å². The monoisotopic (exact) mass is 380 g/mol. The Morgan fingerprint density at radius 2 is 1.78 bits per heavy atom. The maximum Gasteiger partial charge on any atom is 0.237 e. The van der Waals surface area contributed by atoms with Crippen LogP contribution in [0.25, 0.3) is 5.76 Å². The van der Waals surface area contributed by atoms with Crippen LogP contribution in [-0.4, -0.2) is 68.3 Å². The molecule has 0 saturated carbocycles. The fraction of sp³-hybridized carbons (Fsp3) is 0.444. The number of ketones is 2. The molecular formula is C18H20O9. The second kappa shape index (κ2) is 6.93. The second-order valence-corrected chi connectivity index (χ2v) is 6.65. The normalized spacial score (nSPS) is 31.1. The highest BCUT2D eigenvalue weighted by atomic mass is 16.7. The van der Waals surface area contributed by atoms with Crippen LogP contribution in [-0.2, 0) is 9.53 Å². The summed E-state index contributed by atoms with van der Waals surface area (Å²) in [7, 11) is 0. The van der Waals surface area contributed by atoms with Crippen molar-refractivity contribution in [3.8, 4) is 11.5 Å². The van der Waals surface area contributed by atoms with Crippen molar-refractivity contribution in [2.45, 2.75) is 38.4 Å². The predicted octanol–water partition coefficient (Wildman–Crippen LogP) is -0.0995. The Morgan fingerprint density at radius 1 is 1.11 bits per heavy atom. The number of carbonyl (C=O) groups is 2. The average molecular weight is 380 g/mol. The number of aromatic hydroxyl groups is 1. The van der Waals surface area contributed by atoms with Gasteiger partial charge in [-0.1, -0.05) is 6.92 Å². The first-order valence-electron chi connectivity index (χ1n) is 8.33. The summed E-state index contributed by atoms with van der Waals surface area (Å²) < 4.78 is 10.8. The number of carbonyl (C=O) groups excluding carboxylic acids is 2. The molecule has 146 valence electrons. The van der Waals surface area contributed by atoms with E-state index in [1.807, 2.05) is 0 Å². The Hall–Kier alpha value is -2.46. The van der Waals surface area contributed by atoms with Crippen molar-refractivity contribution in [1.29, 1.82) is 0 Å². The summed E-state index contributed by atoms with van der Waals surface area (Å²) in [5.41, 5.74) is -0.568. The van der Waals surface area contributed by atoms with E-state index in [9.17, 15) is 35.1 Å². The van der Waals surface area contributed by atoms with Gasteiger partial charge in [-0.05, 0) is 19.1 Å². The van der Waals surface area contributed by atoms with Gasteiger partial charge in [0.1, 0.15) is 11.9 Å². The number of allylic oxidation sites excluding steroid dienone is 1. The molecule has 5 atom stereocenters. The molecule has 1 fully saturated rings. The zero-order valence-electron chi connectivity index (χ0n) is 14.6. The minimum atomic E-state index is -1.48. The van der Waals surface area contributed by atoms with Crippen molar-refractivity contribution in [2.75, 3.05) is 6.61 Å². The zero-order valence-corrected chi connectivity index (χ0v) is 14.6. The fourth-order valence-corrected chi connectivity index (χ4v) is 3.19. The topological polar surface area (TPSA) is 154 Å². The molecule has 1 aliphatic heterocycles. The first-order valence-corrected chi connectivity index (χ1v) is 8.33. The molecule has 1 aromatic carbocycles. The summed E-state index contributed by atoms with van der Waals surface area (Å²) in [6.45, 7) is 2.46. The summed E-state index contributed by atoms with van der Waals surface area (Å²) in [4.78, 5) is 24.2. The van der Waals surface area contributed by atoms with Crippen LogP contribution in [0.3, 0.4) is 0 Å². The first-order chi connectivity index (χ1) is 12.7. The number of Topliss-reactive ketones (excluding diaryl/α,β-unsaturated/α-hetero) is 2. The number of ether oxygens (including phenoxy) is 2. The second-order valence-electron chi connectivity index (χ2n) is 6.65. The lowest BCUT2D eigenvalue weighted by atomic mass is 9.88. The van der Waals surface area contributed by atoms with Crippen LogP contribution in [0.15, 0.2) is 17.7 Å². The summed E-state index contributed by atoms with van der Waals surface area (Å²) in [5, 5.41) is 50.0. The number of hydrogen-bond donors (Lipinski definition) is 5. The molecule has 3 rings (SSSR count). The molecule has 27 heavy (non-hydrogen) atoms.